The van der Waals surface area contributed by atoms with Crippen LogP contribution in [0.1, 0.15) is 12.8 Å². The van der Waals surface area contributed by atoms with E-state index in [0.29, 0.717) is 0 Å². The van der Waals surface area contributed by atoms with Crippen LogP contribution < -0.4 is 4.72 Å². The second-order valence-corrected chi connectivity index (χ2v) is 6.13. The topological polar surface area (TPSA) is 99.6 Å². The lowest BCUT2D eigenvalue weighted by Crippen LogP contribution is -2.43. The van der Waals surface area contributed by atoms with Crippen LogP contribution in [0.3, 0.4) is 0 Å². The first-order valence-electron chi connectivity index (χ1n) is 6.02. The van der Waals surface area contributed by atoms with Gasteiger partial charge in [-0.1, -0.05) is 6.07 Å². The standard InChI is InChI=1S/C11H14FN3O4S/c12-9-2-1-3-10(13-9)14-20(18,19)15-6-4-8(5-7-15)11(16)17/h1-3,8H,4-7H2,(H,13,14)(H,16,17). The Hall–Kier alpha value is -1.74. The highest BCUT2D eigenvalue weighted by Crippen LogP contribution is 2.20. The first kappa shape index (κ1) is 14.7. The maximum atomic E-state index is 12.9. The molecule has 20 heavy (non-hydrogen) atoms. The van der Waals surface area contributed by atoms with Crippen LogP contribution >= 0.6 is 0 Å². The predicted molar refractivity (Wildman–Crippen MR) is 68.7 cm³/mol. The Balaban J connectivity index is 2.03. The molecule has 2 rings (SSSR count). The average Bonchev–Trinajstić information content (AvgIpc) is 2.38. The molecule has 0 atom stereocenters. The van der Waals surface area contributed by atoms with E-state index in [9.17, 15) is 17.6 Å². The van der Waals surface area contributed by atoms with Crippen LogP contribution in [-0.2, 0) is 15.0 Å². The Morgan fingerprint density at radius 1 is 1.40 bits per heavy atom. The van der Waals surface area contributed by atoms with Crippen LogP contribution in [0, 0.1) is 11.9 Å². The van der Waals surface area contributed by atoms with Crippen LogP contribution in [0.25, 0.3) is 0 Å². The van der Waals surface area contributed by atoms with Gasteiger partial charge in [-0.15, -0.1) is 0 Å². The van der Waals surface area contributed by atoms with Gasteiger partial charge in [0.05, 0.1) is 5.92 Å². The fraction of sp³-hybridized carbons (Fsp3) is 0.455. The second kappa shape index (κ2) is 5.71. The predicted octanol–water partition coefficient (Wildman–Crippen LogP) is 0.674. The van der Waals surface area contributed by atoms with E-state index >= 15 is 0 Å². The minimum atomic E-state index is -3.84. The van der Waals surface area contributed by atoms with Crippen molar-refractivity contribution >= 4 is 22.0 Å². The number of pyridine rings is 1. The fourth-order valence-electron chi connectivity index (χ4n) is 2.00. The summed E-state index contributed by atoms with van der Waals surface area (Å²) in [5.74, 6) is -2.32. The van der Waals surface area contributed by atoms with Crippen LogP contribution in [0.2, 0.25) is 0 Å². The number of nitrogens with zero attached hydrogens (tertiary/aromatic N) is 2. The molecule has 2 heterocycles. The molecular formula is C11H14FN3O4S. The Bertz CT molecular complexity index is 599. The zero-order valence-corrected chi connectivity index (χ0v) is 11.3. The van der Waals surface area contributed by atoms with Gasteiger partial charge in [0.15, 0.2) is 0 Å². The van der Waals surface area contributed by atoms with Gasteiger partial charge in [0.2, 0.25) is 5.95 Å². The van der Waals surface area contributed by atoms with Crippen molar-refractivity contribution in [2.75, 3.05) is 17.8 Å². The number of piperidine rings is 1. The third kappa shape index (κ3) is 3.42. The second-order valence-electron chi connectivity index (χ2n) is 4.46. The van der Waals surface area contributed by atoms with E-state index in [4.69, 9.17) is 5.11 Å². The quantitative estimate of drug-likeness (QED) is 0.797. The molecule has 0 radical (unpaired) electrons. The molecule has 1 aromatic rings. The number of rotatable bonds is 4. The van der Waals surface area contributed by atoms with E-state index in [0.717, 1.165) is 10.4 Å². The molecule has 1 saturated heterocycles. The molecule has 0 aromatic carbocycles. The highest BCUT2D eigenvalue weighted by molar-refractivity contribution is 7.90. The summed E-state index contributed by atoms with van der Waals surface area (Å²) in [6, 6.07) is 3.79. The van der Waals surface area contributed by atoms with Gasteiger partial charge in [-0.05, 0) is 25.0 Å². The third-order valence-electron chi connectivity index (χ3n) is 3.09. The highest BCUT2D eigenvalue weighted by Gasteiger charge is 2.31. The Morgan fingerprint density at radius 3 is 2.60 bits per heavy atom. The first-order chi connectivity index (χ1) is 9.38. The van der Waals surface area contributed by atoms with Gasteiger partial charge in [-0.2, -0.15) is 17.1 Å². The number of nitrogens with one attached hydrogen (secondary N) is 1. The number of halogens is 1. The average molecular weight is 303 g/mol. The number of hydrogen-bond donors (Lipinski definition) is 2. The van der Waals surface area contributed by atoms with E-state index in [1.807, 2.05) is 0 Å². The van der Waals surface area contributed by atoms with Crippen LogP contribution in [0.15, 0.2) is 18.2 Å². The smallest absolute Gasteiger partial charge is 0.306 e. The molecule has 0 aliphatic carbocycles. The lowest BCUT2D eigenvalue weighted by Gasteiger charge is -2.29. The molecule has 2 N–H and O–H groups in total. The SMILES string of the molecule is O=C(O)C1CCN(S(=O)(=O)Nc2cccc(F)n2)CC1. The molecule has 0 unspecified atom stereocenters. The molecule has 1 aromatic heterocycles. The summed E-state index contributed by atoms with van der Waals surface area (Å²) >= 11 is 0. The molecule has 0 saturated carbocycles. The van der Waals surface area contributed by atoms with Crippen molar-refractivity contribution in [3.63, 3.8) is 0 Å². The Labute approximate surface area is 115 Å². The molecule has 1 aliphatic heterocycles. The van der Waals surface area contributed by atoms with Crippen molar-refractivity contribution in [1.29, 1.82) is 0 Å². The normalized spacial score (nSPS) is 17.9. The number of carbonyl (C=O) groups is 1. The lowest BCUT2D eigenvalue weighted by molar-refractivity contribution is -0.142. The third-order valence-corrected chi connectivity index (χ3v) is 4.60. The minimum absolute atomic E-state index is 0.106. The highest BCUT2D eigenvalue weighted by atomic mass is 32.2. The van der Waals surface area contributed by atoms with E-state index in [1.165, 1.54) is 12.1 Å². The Kier molecular flexibility index (Phi) is 4.19. The van der Waals surface area contributed by atoms with Gasteiger partial charge in [0, 0.05) is 13.1 Å². The molecule has 9 heteroatoms. The lowest BCUT2D eigenvalue weighted by atomic mass is 9.99. The molecule has 1 fully saturated rings. The van der Waals surface area contributed by atoms with E-state index < -0.39 is 28.0 Å². The number of aromatic nitrogens is 1. The minimum Gasteiger partial charge on any atom is -0.481 e. The van der Waals surface area contributed by atoms with Gasteiger partial charge in [-0.3, -0.25) is 9.52 Å². The molecule has 1 aliphatic rings. The van der Waals surface area contributed by atoms with Crippen molar-refractivity contribution < 1.29 is 22.7 Å². The van der Waals surface area contributed by atoms with Crippen molar-refractivity contribution in [3.8, 4) is 0 Å². The number of anilines is 1. The van der Waals surface area contributed by atoms with Gasteiger partial charge >= 0.3 is 16.2 Å². The maximum absolute atomic E-state index is 12.9. The summed E-state index contributed by atoms with van der Waals surface area (Å²) in [6.45, 7) is 0.225. The molecule has 110 valence electrons. The van der Waals surface area contributed by atoms with Gasteiger partial charge in [0.25, 0.3) is 0 Å². The summed E-state index contributed by atoms with van der Waals surface area (Å²) in [4.78, 5) is 14.2. The Morgan fingerprint density at radius 2 is 2.05 bits per heavy atom. The monoisotopic (exact) mass is 303 g/mol. The number of carboxylic acid groups (broad SMARTS) is 1. The number of hydrogen-bond acceptors (Lipinski definition) is 4. The molecule has 0 amide bonds. The van der Waals surface area contributed by atoms with Gasteiger partial charge in [0.1, 0.15) is 5.82 Å². The van der Waals surface area contributed by atoms with Gasteiger partial charge in [-0.25, -0.2) is 4.98 Å². The molecule has 0 bridgehead atoms. The molecule has 7 nitrogen and oxygen atoms in total. The van der Waals surface area contributed by atoms with Crippen molar-refractivity contribution in [2.24, 2.45) is 5.92 Å². The number of aliphatic carboxylic acids is 1. The van der Waals surface area contributed by atoms with Crippen LogP contribution in [-0.4, -0.2) is 41.9 Å². The number of carboxylic acids is 1. The van der Waals surface area contributed by atoms with Gasteiger partial charge < -0.3 is 5.11 Å². The zero-order valence-electron chi connectivity index (χ0n) is 10.5. The van der Waals surface area contributed by atoms with Crippen LogP contribution in [0.4, 0.5) is 10.2 Å². The summed E-state index contributed by atoms with van der Waals surface area (Å²) in [6.07, 6.45) is 0.514. The summed E-state index contributed by atoms with van der Waals surface area (Å²) in [7, 11) is -3.84. The first-order valence-corrected chi connectivity index (χ1v) is 7.46. The molecular weight excluding hydrogens is 289 g/mol. The van der Waals surface area contributed by atoms with E-state index in [1.54, 1.807) is 0 Å². The van der Waals surface area contributed by atoms with Crippen molar-refractivity contribution in [2.45, 2.75) is 12.8 Å². The van der Waals surface area contributed by atoms with Crippen molar-refractivity contribution in [3.05, 3.63) is 24.1 Å². The van der Waals surface area contributed by atoms with Crippen molar-refractivity contribution in [1.82, 2.24) is 9.29 Å². The van der Waals surface area contributed by atoms with Crippen LogP contribution in [0.5, 0.6) is 0 Å². The molecule has 0 spiro atoms. The summed E-state index contributed by atoms with van der Waals surface area (Å²) < 4.78 is 40.3. The van der Waals surface area contributed by atoms with E-state index in [2.05, 4.69) is 9.71 Å². The summed E-state index contributed by atoms with van der Waals surface area (Å²) in [5, 5.41) is 8.86. The van der Waals surface area contributed by atoms with E-state index in [-0.39, 0.29) is 31.7 Å². The largest absolute Gasteiger partial charge is 0.481 e. The fourth-order valence-corrected chi connectivity index (χ4v) is 3.20. The summed E-state index contributed by atoms with van der Waals surface area (Å²) in [5.41, 5.74) is 0. The maximum Gasteiger partial charge on any atom is 0.306 e. The zero-order chi connectivity index (χ0) is 14.8.